The maximum atomic E-state index is 11.2. The second-order valence-electron chi connectivity index (χ2n) is 3.60. The van der Waals surface area contributed by atoms with Crippen molar-refractivity contribution in [2.24, 2.45) is 0 Å². The topological polar surface area (TPSA) is 52.3 Å². The van der Waals surface area contributed by atoms with Crippen LogP contribution in [-0.4, -0.2) is 12.6 Å². The zero-order valence-electron chi connectivity index (χ0n) is 9.69. The van der Waals surface area contributed by atoms with Crippen molar-refractivity contribution in [3.63, 3.8) is 0 Å². The van der Waals surface area contributed by atoms with Crippen LogP contribution in [0.5, 0.6) is 0 Å². The Labute approximate surface area is 95.9 Å². The number of anilines is 1. The van der Waals surface area contributed by atoms with Gasteiger partial charge in [0.15, 0.2) is 0 Å². The third kappa shape index (κ3) is 3.77. The number of benzene rings is 1. The first-order chi connectivity index (χ1) is 7.63. The van der Waals surface area contributed by atoms with Crippen LogP contribution in [0.2, 0.25) is 0 Å². The number of hydrogen-bond donors (Lipinski definition) is 1. The van der Waals surface area contributed by atoms with Crippen molar-refractivity contribution < 1.29 is 9.53 Å². The molecule has 0 atom stereocenters. The minimum absolute atomic E-state index is 0.203. The molecule has 0 heterocycles. The van der Waals surface area contributed by atoms with Crippen LogP contribution in [0.25, 0.3) is 6.08 Å². The van der Waals surface area contributed by atoms with E-state index in [9.17, 15) is 4.79 Å². The highest BCUT2D eigenvalue weighted by Gasteiger charge is 2.03. The number of nitrogens with two attached hydrogens (primary N) is 1. The molecule has 0 bridgehead atoms. The Morgan fingerprint density at radius 1 is 1.44 bits per heavy atom. The van der Waals surface area contributed by atoms with Gasteiger partial charge in [0, 0.05) is 5.69 Å². The normalized spacial score (nSPS) is 11.2. The van der Waals surface area contributed by atoms with Crippen LogP contribution in [0.15, 0.2) is 29.8 Å². The van der Waals surface area contributed by atoms with E-state index in [4.69, 9.17) is 10.5 Å². The Balaban J connectivity index is 2.70. The molecule has 2 N–H and O–H groups in total. The fourth-order valence-corrected chi connectivity index (χ4v) is 1.40. The summed E-state index contributed by atoms with van der Waals surface area (Å²) in [5, 5.41) is 0. The summed E-state index contributed by atoms with van der Waals surface area (Å²) in [6.07, 6.45) is 2.22. The Kier molecular flexibility index (Phi) is 4.58. The molecule has 0 aliphatic carbocycles. The van der Waals surface area contributed by atoms with Crippen molar-refractivity contribution in [3.05, 3.63) is 35.4 Å². The highest BCUT2D eigenvalue weighted by molar-refractivity contribution is 5.75. The highest BCUT2D eigenvalue weighted by Crippen LogP contribution is 2.16. The van der Waals surface area contributed by atoms with E-state index in [0.29, 0.717) is 18.7 Å². The molecule has 3 heteroatoms. The van der Waals surface area contributed by atoms with Gasteiger partial charge in [0.2, 0.25) is 0 Å². The average molecular weight is 219 g/mol. The second-order valence-corrected chi connectivity index (χ2v) is 3.60. The average Bonchev–Trinajstić information content (AvgIpc) is 2.21. The van der Waals surface area contributed by atoms with E-state index in [1.807, 2.05) is 37.3 Å². The molecule has 0 saturated carbocycles. The lowest BCUT2D eigenvalue weighted by Gasteiger charge is -2.03. The third-order valence-electron chi connectivity index (χ3n) is 2.13. The van der Waals surface area contributed by atoms with Crippen LogP contribution in [0.3, 0.4) is 0 Å². The zero-order chi connectivity index (χ0) is 12.0. The molecule has 86 valence electrons. The van der Waals surface area contributed by atoms with Gasteiger partial charge in [-0.1, -0.05) is 29.8 Å². The summed E-state index contributed by atoms with van der Waals surface area (Å²) in [5.41, 5.74) is 8.39. The van der Waals surface area contributed by atoms with Crippen molar-refractivity contribution >= 4 is 17.7 Å². The number of carbonyl (C=O) groups is 1. The summed E-state index contributed by atoms with van der Waals surface area (Å²) in [6.45, 7) is 4.11. The van der Waals surface area contributed by atoms with E-state index in [1.54, 1.807) is 6.92 Å². The number of nitrogen functional groups attached to an aromatic ring is 1. The second kappa shape index (κ2) is 5.95. The highest BCUT2D eigenvalue weighted by atomic mass is 16.5. The van der Waals surface area contributed by atoms with Gasteiger partial charge in [-0.05, 0) is 25.5 Å². The molecule has 0 saturated heterocycles. The monoisotopic (exact) mass is 219 g/mol. The van der Waals surface area contributed by atoms with Crippen molar-refractivity contribution in [3.8, 4) is 0 Å². The van der Waals surface area contributed by atoms with Crippen molar-refractivity contribution in [2.75, 3.05) is 12.3 Å². The van der Waals surface area contributed by atoms with Crippen molar-refractivity contribution in [1.82, 2.24) is 0 Å². The van der Waals surface area contributed by atoms with E-state index in [-0.39, 0.29) is 5.97 Å². The molecule has 0 aromatic heterocycles. The number of esters is 1. The Morgan fingerprint density at radius 3 is 2.75 bits per heavy atom. The minimum atomic E-state index is -0.203. The number of para-hydroxylation sites is 1. The first kappa shape index (κ1) is 12.3. The van der Waals surface area contributed by atoms with Gasteiger partial charge in [-0.15, -0.1) is 0 Å². The molecule has 0 radical (unpaired) electrons. The van der Waals surface area contributed by atoms with Gasteiger partial charge < -0.3 is 10.5 Å². The maximum Gasteiger partial charge on any atom is 0.309 e. The summed E-state index contributed by atoms with van der Waals surface area (Å²) in [7, 11) is 0. The first-order valence-corrected chi connectivity index (χ1v) is 5.30. The standard InChI is InChI=1S/C13H17NO2/c1-3-16-13(15)9-10(2)8-11-6-4-5-7-12(11)14/h4-8H,3,9,14H2,1-2H3/b10-8+. The van der Waals surface area contributed by atoms with Crippen molar-refractivity contribution in [1.29, 1.82) is 0 Å². The summed E-state index contributed by atoms with van der Waals surface area (Å²) in [4.78, 5) is 11.2. The minimum Gasteiger partial charge on any atom is -0.466 e. The van der Waals surface area contributed by atoms with Crippen LogP contribution in [0.1, 0.15) is 25.8 Å². The van der Waals surface area contributed by atoms with E-state index < -0.39 is 0 Å². The van der Waals surface area contributed by atoms with Gasteiger partial charge in [0.05, 0.1) is 13.0 Å². The summed E-state index contributed by atoms with van der Waals surface area (Å²) >= 11 is 0. The lowest BCUT2D eigenvalue weighted by Crippen LogP contribution is -2.03. The molecule has 3 nitrogen and oxygen atoms in total. The van der Waals surface area contributed by atoms with E-state index in [2.05, 4.69) is 0 Å². The number of hydrogen-bond acceptors (Lipinski definition) is 3. The lowest BCUT2D eigenvalue weighted by molar-refractivity contribution is -0.142. The molecule has 1 rings (SSSR count). The number of ether oxygens (including phenoxy) is 1. The third-order valence-corrected chi connectivity index (χ3v) is 2.13. The SMILES string of the molecule is CCOC(=O)C/C(C)=C/c1ccccc1N. The van der Waals surface area contributed by atoms with Crippen LogP contribution in [0, 0.1) is 0 Å². The fourth-order valence-electron chi connectivity index (χ4n) is 1.40. The molecular weight excluding hydrogens is 202 g/mol. The van der Waals surface area contributed by atoms with Crippen molar-refractivity contribution in [2.45, 2.75) is 20.3 Å². The molecule has 1 aromatic carbocycles. The summed E-state index contributed by atoms with van der Waals surface area (Å²) < 4.78 is 4.87. The molecular formula is C13H17NO2. The van der Waals surface area contributed by atoms with E-state index >= 15 is 0 Å². The van der Waals surface area contributed by atoms with Crippen LogP contribution < -0.4 is 5.73 Å². The van der Waals surface area contributed by atoms with E-state index in [0.717, 1.165) is 11.1 Å². The lowest BCUT2D eigenvalue weighted by atomic mass is 10.1. The Bertz CT molecular complexity index is 397. The smallest absolute Gasteiger partial charge is 0.309 e. The van der Waals surface area contributed by atoms with Gasteiger partial charge in [-0.3, -0.25) is 4.79 Å². The molecule has 16 heavy (non-hydrogen) atoms. The number of carbonyl (C=O) groups excluding carboxylic acids is 1. The predicted molar refractivity (Wildman–Crippen MR) is 65.8 cm³/mol. The Hall–Kier alpha value is -1.77. The van der Waals surface area contributed by atoms with Gasteiger partial charge >= 0.3 is 5.97 Å². The fraction of sp³-hybridized carbons (Fsp3) is 0.308. The van der Waals surface area contributed by atoms with Crippen LogP contribution >= 0.6 is 0 Å². The molecule has 0 aliphatic rings. The summed E-state index contributed by atoms with van der Waals surface area (Å²) in [5.74, 6) is -0.203. The molecule has 0 amide bonds. The molecule has 0 aliphatic heterocycles. The molecule has 0 unspecified atom stereocenters. The maximum absolute atomic E-state index is 11.2. The van der Waals surface area contributed by atoms with Gasteiger partial charge in [-0.25, -0.2) is 0 Å². The van der Waals surface area contributed by atoms with Crippen LogP contribution in [-0.2, 0) is 9.53 Å². The molecule has 0 spiro atoms. The van der Waals surface area contributed by atoms with Gasteiger partial charge in [0.25, 0.3) is 0 Å². The summed E-state index contributed by atoms with van der Waals surface area (Å²) in [6, 6.07) is 7.56. The number of rotatable bonds is 4. The predicted octanol–water partition coefficient (Wildman–Crippen LogP) is 2.63. The van der Waals surface area contributed by atoms with Gasteiger partial charge in [-0.2, -0.15) is 0 Å². The Morgan fingerprint density at radius 2 is 2.12 bits per heavy atom. The van der Waals surface area contributed by atoms with Gasteiger partial charge in [0.1, 0.15) is 0 Å². The van der Waals surface area contributed by atoms with Crippen LogP contribution in [0.4, 0.5) is 5.69 Å². The van der Waals surface area contributed by atoms with E-state index in [1.165, 1.54) is 0 Å². The molecule has 1 aromatic rings. The zero-order valence-corrected chi connectivity index (χ0v) is 9.69. The first-order valence-electron chi connectivity index (χ1n) is 5.30. The quantitative estimate of drug-likeness (QED) is 0.625. The molecule has 0 fully saturated rings. The largest absolute Gasteiger partial charge is 0.466 e.